The Morgan fingerprint density at radius 3 is 2.42 bits per heavy atom. The molecule has 0 radical (unpaired) electrons. The van der Waals surface area contributed by atoms with Gasteiger partial charge in [0.05, 0.1) is 12.0 Å². The van der Waals surface area contributed by atoms with Crippen molar-refractivity contribution in [2.24, 2.45) is 11.8 Å². The van der Waals surface area contributed by atoms with Crippen LogP contribution < -0.4 is 0 Å². The molecule has 134 valence electrons. The molecule has 1 aliphatic carbocycles. The molecule has 1 aromatic carbocycles. The number of hydrogen-bond donors (Lipinski definition) is 0. The molecule has 0 bridgehead atoms. The Bertz CT molecular complexity index is 659. The van der Waals surface area contributed by atoms with Crippen LogP contribution in [0.1, 0.15) is 39.0 Å². The highest BCUT2D eigenvalue weighted by Crippen LogP contribution is 2.49. The summed E-state index contributed by atoms with van der Waals surface area (Å²) in [5, 5.41) is 0. The lowest BCUT2D eigenvalue weighted by molar-refractivity contribution is -0.143. The standard InChI is InChI=1S/C18H25IO4S/c1-3-4-8-14-11-18(17(20)23-2,12-15(14)13-19)24(21,22)16-9-6-5-7-10-16/h5-7,9-10,14-15H,3-4,8,11-13H2,1-2H3/t14-,15-,18+/m0/s1. The Morgan fingerprint density at radius 2 is 1.88 bits per heavy atom. The largest absolute Gasteiger partial charge is 0.468 e. The Balaban J connectivity index is 2.47. The number of unbranched alkanes of at least 4 members (excludes halogenated alkanes) is 1. The Hall–Kier alpha value is -0.630. The fourth-order valence-electron chi connectivity index (χ4n) is 3.76. The number of methoxy groups -OCH3 is 1. The number of carbonyl (C=O) groups excluding carboxylic acids is 1. The third-order valence-electron chi connectivity index (χ3n) is 5.10. The normalized spacial score (nSPS) is 27.1. The highest BCUT2D eigenvalue weighted by Gasteiger charge is 2.59. The van der Waals surface area contributed by atoms with E-state index in [-0.39, 0.29) is 16.7 Å². The summed E-state index contributed by atoms with van der Waals surface area (Å²) in [4.78, 5) is 12.8. The van der Waals surface area contributed by atoms with Crippen LogP contribution in [0.15, 0.2) is 35.2 Å². The fourth-order valence-corrected chi connectivity index (χ4v) is 6.92. The van der Waals surface area contributed by atoms with Gasteiger partial charge in [-0.2, -0.15) is 0 Å². The minimum Gasteiger partial charge on any atom is -0.468 e. The smallest absolute Gasteiger partial charge is 0.327 e. The molecule has 0 aromatic heterocycles. The zero-order valence-electron chi connectivity index (χ0n) is 14.2. The molecule has 1 aliphatic rings. The van der Waals surface area contributed by atoms with E-state index < -0.39 is 20.6 Å². The first-order valence-corrected chi connectivity index (χ1v) is 11.4. The summed E-state index contributed by atoms with van der Waals surface area (Å²) in [6.07, 6.45) is 3.81. The van der Waals surface area contributed by atoms with Gasteiger partial charge >= 0.3 is 5.97 Å². The summed E-state index contributed by atoms with van der Waals surface area (Å²) in [7, 11) is -2.51. The molecule has 0 amide bonds. The summed E-state index contributed by atoms with van der Waals surface area (Å²) in [6, 6.07) is 8.29. The van der Waals surface area contributed by atoms with Gasteiger partial charge in [-0.3, -0.25) is 4.79 Å². The molecule has 0 unspecified atom stereocenters. The topological polar surface area (TPSA) is 60.4 Å². The highest BCUT2D eigenvalue weighted by atomic mass is 127. The summed E-state index contributed by atoms with van der Waals surface area (Å²) < 4.78 is 31.0. The molecular weight excluding hydrogens is 439 g/mol. The van der Waals surface area contributed by atoms with Crippen molar-refractivity contribution in [2.45, 2.75) is 48.7 Å². The first-order chi connectivity index (χ1) is 11.4. The van der Waals surface area contributed by atoms with Crippen LogP contribution in [0.2, 0.25) is 0 Å². The third kappa shape index (κ3) is 3.49. The summed E-state index contributed by atoms with van der Waals surface area (Å²) in [6.45, 7) is 2.13. The van der Waals surface area contributed by atoms with E-state index in [2.05, 4.69) is 29.5 Å². The van der Waals surface area contributed by atoms with Gasteiger partial charge in [0.25, 0.3) is 0 Å². The maximum absolute atomic E-state index is 13.3. The SMILES string of the molecule is CCCC[C@H]1C[C@@](C(=O)OC)(S(=O)(=O)c2ccccc2)C[C@H]1CI. The molecule has 0 saturated heterocycles. The second-order valence-corrected chi connectivity index (χ2v) is 9.67. The zero-order chi connectivity index (χ0) is 17.8. The van der Waals surface area contributed by atoms with E-state index in [1.54, 1.807) is 30.3 Å². The molecule has 1 saturated carbocycles. The second-order valence-electron chi connectivity index (χ2n) is 6.53. The van der Waals surface area contributed by atoms with Crippen molar-refractivity contribution in [1.29, 1.82) is 0 Å². The van der Waals surface area contributed by atoms with Gasteiger partial charge in [0.15, 0.2) is 14.6 Å². The van der Waals surface area contributed by atoms with Crippen molar-refractivity contribution in [1.82, 2.24) is 0 Å². The number of esters is 1. The molecule has 2 rings (SSSR count). The average molecular weight is 464 g/mol. The van der Waals surface area contributed by atoms with E-state index in [4.69, 9.17) is 4.74 Å². The van der Waals surface area contributed by atoms with Gasteiger partial charge in [-0.25, -0.2) is 8.42 Å². The Labute approximate surface area is 158 Å². The van der Waals surface area contributed by atoms with E-state index in [0.29, 0.717) is 12.8 Å². The first kappa shape index (κ1) is 19.7. The number of halogens is 1. The quantitative estimate of drug-likeness (QED) is 0.348. The Morgan fingerprint density at radius 1 is 1.25 bits per heavy atom. The van der Waals surface area contributed by atoms with Crippen molar-refractivity contribution < 1.29 is 17.9 Å². The van der Waals surface area contributed by atoms with Crippen LogP contribution >= 0.6 is 22.6 Å². The van der Waals surface area contributed by atoms with Crippen molar-refractivity contribution in [3.05, 3.63) is 30.3 Å². The van der Waals surface area contributed by atoms with Crippen molar-refractivity contribution in [3.8, 4) is 0 Å². The lowest BCUT2D eigenvalue weighted by Crippen LogP contribution is -2.45. The Kier molecular flexibility index (Phi) is 6.70. The summed E-state index contributed by atoms with van der Waals surface area (Å²) in [5.41, 5.74) is 0. The lowest BCUT2D eigenvalue weighted by Gasteiger charge is -2.26. The average Bonchev–Trinajstić information content (AvgIpc) is 3.00. The van der Waals surface area contributed by atoms with Crippen LogP contribution in [0.4, 0.5) is 0 Å². The van der Waals surface area contributed by atoms with Crippen LogP contribution in [0.5, 0.6) is 0 Å². The second kappa shape index (κ2) is 8.17. The molecule has 1 aromatic rings. The number of ether oxygens (including phenoxy) is 1. The molecule has 6 heteroatoms. The minimum absolute atomic E-state index is 0.207. The number of hydrogen-bond acceptors (Lipinski definition) is 4. The molecule has 0 aliphatic heterocycles. The van der Waals surface area contributed by atoms with E-state index in [1.807, 2.05) is 0 Å². The van der Waals surface area contributed by atoms with Crippen LogP contribution in [-0.2, 0) is 19.4 Å². The van der Waals surface area contributed by atoms with Gasteiger partial charge in [0, 0.05) is 4.43 Å². The van der Waals surface area contributed by atoms with Crippen molar-refractivity contribution in [3.63, 3.8) is 0 Å². The number of rotatable bonds is 7. The zero-order valence-corrected chi connectivity index (χ0v) is 17.2. The third-order valence-corrected chi connectivity index (χ3v) is 8.66. The van der Waals surface area contributed by atoms with Gasteiger partial charge in [0.1, 0.15) is 0 Å². The van der Waals surface area contributed by atoms with Crippen LogP contribution in [-0.4, -0.2) is 30.7 Å². The molecule has 4 nitrogen and oxygen atoms in total. The fraction of sp³-hybridized carbons (Fsp3) is 0.611. The predicted molar refractivity (Wildman–Crippen MR) is 103 cm³/mol. The van der Waals surface area contributed by atoms with Crippen molar-refractivity contribution >= 4 is 38.4 Å². The molecule has 0 spiro atoms. The lowest BCUT2D eigenvalue weighted by atomic mass is 9.92. The van der Waals surface area contributed by atoms with E-state index in [1.165, 1.54) is 7.11 Å². The highest BCUT2D eigenvalue weighted by molar-refractivity contribution is 14.1. The van der Waals surface area contributed by atoms with Gasteiger partial charge < -0.3 is 4.74 Å². The van der Waals surface area contributed by atoms with Crippen LogP contribution in [0, 0.1) is 11.8 Å². The van der Waals surface area contributed by atoms with E-state index >= 15 is 0 Å². The maximum atomic E-state index is 13.3. The predicted octanol–water partition coefficient (Wildman–Crippen LogP) is 4.02. The summed E-state index contributed by atoms with van der Waals surface area (Å²) in [5.74, 6) is -0.130. The van der Waals surface area contributed by atoms with Gasteiger partial charge in [-0.1, -0.05) is 67.0 Å². The van der Waals surface area contributed by atoms with Crippen LogP contribution in [0.25, 0.3) is 0 Å². The molecular formula is C18H25IO4S. The minimum atomic E-state index is -3.79. The van der Waals surface area contributed by atoms with Crippen molar-refractivity contribution in [2.75, 3.05) is 11.5 Å². The molecule has 3 atom stereocenters. The number of benzene rings is 1. The number of alkyl halides is 1. The molecule has 0 heterocycles. The number of carbonyl (C=O) groups is 1. The first-order valence-electron chi connectivity index (χ1n) is 8.37. The number of sulfone groups is 1. The van der Waals surface area contributed by atoms with Crippen LogP contribution in [0.3, 0.4) is 0 Å². The van der Waals surface area contributed by atoms with Gasteiger partial charge in [-0.05, 0) is 36.8 Å². The van der Waals surface area contributed by atoms with Gasteiger partial charge in [0.2, 0.25) is 0 Å². The molecule has 24 heavy (non-hydrogen) atoms. The van der Waals surface area contributed by atoms with E-state index in [9.17, 15) is 13.2 Å². The molecule has 1 fully saturated rings. The van der Waals surface area contributed by atoms with Gasteiger partial charge in [-0.15, -0.1) is 0 Å². The molecule has 0 N–H and O–H groups in total. The summed E-state index contributed by atoms with van der Waals surface area (Å²) >= 11 is 2.30. The van der Waals surface area contributed by atoms with E-state index in [0.717, 1.165) is 23.7 Å². The monoisotopic (exact) mass is 464 g/mol. The maximum Gasteiger partial charge on any atom is 0.327 e.